The van der Waals surface area contributed by atoms with Gasteiger partial charge >= 0.3 is 11.9 Å². The van der Waals surface area contributed by atoms with Crippen LogP contribution < -0.4 is 0 Å². The first-order valence-corrected chi connectivity index (χ1v) is 7.08. The third-order valence-corrected chi connectivity index (χ3v) is 2.56. The van der Waals surface area contributed by atoms with Gasteiger partial charge in [-0.15, -0.1) is 12.3 Å². The first-order chi connectivity index (χ1) is 9.26. The third kappa shape index (κ3) is 10.4. The second-order valence-electron chi connectivity index (χ2n) is 5.85. The molecule has 0 aromatic rings. The fraction of sp³-hybridized carbons (Fsp3) is 0.750. The summed E-state index contributed by atoms with van der Waals surface area (Å²) in [4.78, 5) is 23.2. The monoisotopic (exact) mass is 282 g/mol. The summed E-state index contributed by atoms with van der Waals surface area (Å²) in [6.07, 6.45) is 8.13. The van der Waals surface area contributed by atoms with Crippen LogP contribution in [0.1, 0.15) is 59.8 Å². The number of rotatable bonds is 8. The predicted molar refractivity (Wildman–Crippen MR) is 77.9 cm³/mol. The number of hydrogen-bond donors (Lipinski definition) is 0. The summed E-state index contributed by atoms with van der Waals surface area (Å²) in [6, 6.07) is 0. The molecular formula is C16H26O4. The van der Waals surface area contributed by atoms with Gasteiger partial charge in [0, 0.05) is 12.8 Å². The van der Waals surface area contributed by atoms with Crippen LogP contribution in [-0.2, 0) is 19.1 Å². The van der Waals surface area contributed by atoms with Crippen molar-refractivity contribution in [2.24, 2.45) is 5.92 Å². The van der Waals surface area contributed by atoms with Crippen molar-refractivity contribution in [2.75, 3.05) is 6.61 Å². The van der Waals surface area contributed by atoms with E-state index in [1.165, 1.54) is 0 Å². The molecule has 20 heavy (non-hydrogen) atoms. The minimum Gasteiger partial charge on any atom is -0.465 e. The molecule has 0 amide bonds. The average molecular weight is 282 g/mol. The normalized spacial score (nSPS) is 12.3. The van der Waals surface area contributed by atoms with Crippen LogP contribution in [0.25, 0.3) is 0 Å². The molecule has 0 aromatic heterocycles. The Morgan fingerprint density at radius 2 is 1.90 bits per heavy atom. The number of hydrogen-bond acceptors (Lipinski definition) is 4. The average Bonchev–Trinajstić information content (AvgIpc) is 2.33. The van der Waals surface area contributed by atoms with Gasteiger partial charge in [-0.05, 0) is 40.0 Å². The van der Waals surface area contributed by atoms with Crippen molar-refractivity contribution in [3.8, 4) is 12.3 Å². The maximum Gasteiger partial charge on any atom is 0.308 e. The van der Waals surface area contributed by atoms with Crippen molar-refractivity contribution >= 4 is 11.9 Å². The quantitative estimate of drug-likeness (QED) is 0.390. The van der Waals surface area contributed by atoms with Crippen molar-refractivity contribution < 1.29 is 19.1 Å². The van der Waals surface area contributed by atoms with Crippen LogP contribution in [0.2, 0.25) is 0 Å². The van der Waals surface area contributed by atoms with E-state index in [9.17, 15) is 9.59 Å². The second-order valence-corrected chi connectivity index (χ2v) is 5.85. The van der Waals surface area contributed by atoms with E-state index in [4.69, 9.17) is 15.9 Å². The largest absolute Gasteiger partial charge is 0.465 e. The Hall–Kier alpha value is -1.50. The van der Waals surface area contributed by atoms with Crippen molar-refractivity contribution in [3.05, 3.63) is 0 Å². The Balaban J connectivity index is 3.80. The standard InChI is InChI=1S/C16H26O4/c1-6-7-8-9-12-19-15(18)13(2)10-11-14(17)20-16(3,4)5/h1,13H,7-12H2,2-5H3. The zero-order valence-electron chi connectivity index (χ0n) is 13.0. The lowest BCUT2D eigenvalue weighted by atomic mass is 10.1. The minimum atomic E-state index is -0.488. The molecule has 0 rings (SSSR count). The maximum atomic E-state index is 11.7. The zero-order chi connectivity index (χ0) is 15.6. The number of esters is 2. The van der Waals surface area contributed by atoms with Gasteiger partial charge < -0.3 is 9.47 Å². The number of terminal acetylenes is 1. The van der Waals surface area contributed by atoms with Crippen LogP contribution in [0.3, 0.4) is 0 Å². The summed E-state index contributed by atoms with van der Waals surface area (Å²) in [5.74, 6) is 1.69. The first-order valence-electron chi connectivity index (χ1n) is 7.08. The number of carbonyl (C=O) groups is 2. The van der Waals surface area contributed by atoms with Gasteiger partial charge in [0.25, 0.3) is 0 Å². The van der Waals surface area contributed by atoms with E-state index in [2.05, 4.69) is 5.92 Å². The fourth-order valence-electron chi connectivity index (χ4n) is 1.49. The highest BCUT2D eigenvalue weighted by atomic mass is 16.6. The van der Waals surface area contributed by atoms with Gasteiger partial charge in [0.15, 0.2) is 0 Å². The van der Waals surface area contributed by atoms with Crippen LogP contribution >= 0.6 is 0 Å². The van der Waals surface area contributed by atoms with Gasteiger partial charge in [0.2, 0.25) is 0 Å². The second kappa shape index (κ2) is 9.41. The number of ether oxygens (including phenoxy) is 2. The summed E-state index contributed by atoms with van der Waals surface area (Å²) in [5.41, 5.74) is -0.488. The maximum absolute atomic E-state index is 11.7. The molecule has 0 saturated carbocycles. The van der Waals surface area contributed by atoms with E-state index < -0.39 is 5.60 Å². The van der Waals surface area contributed by atoms with Crippen molar-refractivity contribution in [1.82, 2.24) is 0 Å². The number of unbranched alkanes of at least 4 members (excludes halogenated alkanes) is 2. The molecule has 0 heterocycles. The van der Waals surface area contributed by atoms with E-state index >= 15 is 0 Å². The van der Waals surface area contributed by atoms with Crippen LogP contribution in [0.4, 0.5) is 0 Å². The molecule has 0 bridgehead atoms. The predicted octanol–water partition coefficient (Wildman–Crippen LogP) is 3.09. The van der Waals surface area contributed by atoms with Gasteiger partial charge in [-0.1, -0.05) is 6.92 Å². The van der Waals surface area contributed by atoms with E-state index in [1.807, 2.05) is 20.8 Å². The molecule has 0 radical (unpaired) electrons. The summed E-state index contributed by atoms with van der Waals surface area (Å²) in [6.45, 7) is 7.60. The molecule has 1 unspecified atom stereocenters. The molecular weight excluding hydrogens is 256 g/mol. The first kappa shape index (κ1) is 18.5. The Labute approximate surface area is 122 Å². The van der Waals surface area contributed by atoms with Gasteiger partial charge in [0.1, 0.15) is 5.60 Å². The Morgan fingerprint density at radius 1 is 1.25 bits per heavy atom. The zero-order valence-corrected chi connectivity index (χ0v) is 13.0. The van der Waals surface area contributed by atoms with Gasteiger partial charge in [-0.25, -0.2) is 0 Å². The summed E-state index contributed by atoms with van der Waals surface area (Å²) in [7, 11) is 0. The third-order valence-electron chi connectivity index (χ3n) is 2.56. The molecule has 0 N–H and O–H groups in total. The molecule has 0 aromatic carbocycles. The van der Waals surface area contributed by atoms with Gasteiger partial charge in [-0.2, -0.15) is 0 Å². The summed E-state index contributed by atoms with van der Waals surface area (Å²) >= 11 is 0. The summed E-state index contributed by atoms with van der Waals surface area (Å²) < 4.78 is 10.3. The molecule has 0 spiro atoms. The van der Waals surface area contributed by atoms with Crippen LogP contribution in [-0.4, -0.2) is 24.1 Å². The van der Waals surface area contributed by atoms with Crippen molar-refractivity contribution in [2.45, 2.75) is 65.4 Å². The molecule has 1 atom stereocenters. The highest BCUT2D eigenvalue weighted by Gasteiger charge is 2.19. The fourth-order valence-corrected chi connectivity index (χ4v) is 1.49. The summed E-state index contributed by atoms with van der Waals surface area (Å²) in [5, 5.41) is 0. The molecule has 0 aliphatic rings. The van der Waals surface area contributed by atoms with Gasteiger partial charge in [-0.3, -0.25) is 9.59 Å². The lowest BCUT2D eigenvalue weighted by Gasteiger charge is -2.20. The Kier molecular flexibility index (Phi) is 8.71. The molecule has 0 saturated heterocycles. The van der Waals surface area contributed by atoms with Crippen LogP contribution in [0.5, 0.6) is 0 Å². The lowest BCUT2D eigenvalue weighted by Crippen LogP contribution is -2.24. The van der Waals surface area contributed by atoms with E-state index in [-0.39, 0.29) is 24.3 Å². The Morgan fingerprint density at radius 3 is 2.45 bits per heavy atom. The molecule has 0 aliphatic heterocycles. The van der Waals surface area contributed by atoms with Crippen LogP contribution in [0.15, 0.2) is 0 Å². The number of carbonyl (C=O) groups excluding carboxylic acids is 2. The smallest absolute Gasteiger partial charge is 0.308 e. The van der Waals surface area contributed by atoms with Crippen molar-refractivity contribution in [1.29, 1.82) is 0 Å². The highest BCUT2D eigenvalue weighted by molar-refractivity contribution is 5.74. The SMILES string of the molecule is C#CCCCCOC(=O)C(C)CCC(=O)OC(C)(C)C. The lowest BCUT2D eigenvalue weighted by molar-refractivity contribution is -0.155. The van der Waals surface area contributed by atoms with E-state index in [1.54, 1.807) is 6.92 Å². The van der Waals surface area contributed by atoms with Crippen LogP contribution in [0, 0.1) is 18.3 Å². The molecule has 4 heteroatoms. The molecule has 4 nitrogen and oxygen atoms in total. The molecule has 0 aliphatic carbocycles. The van der Waals surface area contributed by atoms with Gasteiger partial charge in [0.05, 0.1) is 12.5 Å². The van der Waals surface area contributed by atoms with Crippen molar-refractivity contribution in [3.63, 3.8) is 0 Å². The van der Waals surface area contributed by atoms with E-state index in [0.717, 1.165) is 12.8 Å². The molecule has 114 valence electrons. The topological polar surface area (TPSA) is 52.6 Å². The molecule has 0 fully saturated rings. The highest BCUT2D eigenvalue weighted by Crippen LogP contribution is 2.13. The Bertz CT molecular complexity index is 346. The minimum absolute atomic E-state index is 0.227. The van der Waals surface area contributed by atoms with E-state index in [0.29, 0.717) is 19.4 Å².